The molecule has 1 aliphatic heterocycles. The second-order valence-electron chi connectivity index (χ2n) is 4.04. The van der Waals surface area contributed by atoms with Gasteiger partial charge in [0.15, 0.2) is 0 Å². The van der Waals surface area contributed by atoms with Gasteiger partial charge < -0.3 is 4.90 Å². The van der Waals surface area contributed by atoms with E-state index in [1.165, 1.54) is 12.1 Å². The molecule has 1 saturated heterocycles. The summed E-state index contributed by atoms with van der Waals surface area (Å²) in [5, 5.41) is 4.56. The van der Waals surface area contributed by atoms with Gasteiger partial charge in [-0.25, -0.2) is 17.9 Å². The topological polar surface area (TPSA) is 63.4 Å². The minimum atomic E-state index is -3.52. The normalized spacial score (nSPS) is 20.9. The van der Waals surface area contributed by atoms with Crippen LogP contribution in [0.5, 0.6) is 0 Å². The Balaban J connectivity index is 2.18. The molecule has 1 aromatic rings. The molecule has 2 N–H and O–H groups in total. The van der Waals surface area contributed by atoms with Crippen molar-refractivity contribution in [2.75, 3.05) is 18.0 Å². The van der Waals surface area contributed by atoms with Crippen molar-refractivity contribution in [3.05, 3.63) is 29.0 Å². The highest BCUT2D eigenvalue weighted by molar-refractivity contribution is 7.89. The SMILES string of the molecule is NS(=O)(=O)C1CCN(c2ccc(Cl)c(F)c2)C1. The molecule has 1 aromatic carbocycles. The van der Waals surface area contributed by atoms with Crippen LogP contribution in [0.1, 0.15) is 6.42 Å². The first-order valence-corrected chi connectivity index (χ1v) is 7.08. The molecule has 7 heteroatoms. The molecule has 94 valence electrons. The van der Waals surface area contributed by atoms with Crippen LogP contribution in [0.2, 0.25) is 5.02 Å². The second-order valence-corrected chi connectivity index (χ2v) is 6.30. The van der Waals surface area contributed by atoms with Crippen molar-refractivity contribution in [3.8, 4) is 0 Å². The fourth-order valence-electron chi connectivity index (χ4n) is 1.91. The number of sulfonamides is 1. The van der Waals surface area contributed by atoms with Gasteiger partial charge in [0.05, 0.1) is 10.3 Å². The Morgan fingerprint density at radius 1 is 1.47 bits per heavy atom. The quantitative estimate of drug-likeness (QED) is 0.888. The van der Waals surface area contributed by atoms with Crippen molar-refractivity contribution in [2.24, 2.45) is 5.14 Å². The van der Waals surface area contributed by atoms with Crippen molar-refractivity contribution >= 4 is 27.3 Å². The summed E-state index contributed by atoms with van der Waals surface area (Å²) in [6.45, 7) is 0.835. The molecule has 1 unspecified atom stereocenters. The number of hydrogen-bond acceptors (Lipinski definition) is 3. The Hall–Kier alpha value is -0.850. The Kier molecular flexibility index (Phi) is 3.29. The van der Waals surface area contributed by atoms with E-state index in [1.54, 1.807) is 11.0 Å². The van der Waals surface area contributed by atoms with Crippen molar-refractivity contribution < 1.29 is 12.8 Å². The maximum Gasteiger partial charge on any atom is 0.213 e. The lowest BCUT2D eigenvalue weighted by Gasteiger charge is -2.18. The standard InChI is InChI=1S/C10H12ClFN2O2S/c11-9-2-1-7(5-10(9)12)14-4-3-8(6-14)17(13,15)16/h1-2,5,8H,3-4,6H2,(H2,13,15,16). The van der Waals surface area contributed by atoms with E-state index in [0.29, 0.717) is 25.2 Å². The first-order valence-electron chi connectivity index (χ1n) is 5.09. The van der Waals surface area contributed by atoms with Gasteiger partial charge in [0.2, 0.25) is 10.0 Å². The Bertz CT molecular complexity index is 535. The molecule has 0 aliphatic carbocycles. The van der Waals surface area contributed by atoms with Crippen LogP contribution in [0.25, 0.3) is 0 Å². The predicted octanol–water partition coefficient (Wildman–Crippen LogP) is 1.35. The third-order valence-corrected chi connectivity index (χ3v) is 4.50. The molecule has 1 heterocycles. The zero-order chi connectivity index (χ0) is 12.6. The summed E-state index contributed by atoms with van der Waals surface area (Å²) in [6, 6.07) is 4.42. The van der Waals surface area contributed by atoms with Gasteiger partial charge in [0.1, 0.15) is 5.82 Å². The summed E-state index contributed by atoms with van der Waals surface area (Å²) in [5.74, 6) is -0.511. The third kappa shape index (κ3) is 2.70. The van der Waals surface area contributed by atoms with E-state index in [2.05, 4.69) is 0 Å². The molecule has 1 atom stereocenters. The molecule has 2 rings (SSSR count). The summed E-state index contributed by atoms with van der Waals surface area (Å²) in [7, 11) is -3.52. The van der Waals surface area contributed by atoms with Crippen LogP contribution in [0.4, 0.5) is 10.1 Å². The van der Waals surface area contributed by atoms with E-state index in [0.717, 1.165) is 0 Å². The molecule has 17 heavy (non-hydrogen) atoms. The van der Waals surface area contributed by atoms with Gasteiger partial charge in [0, 0.05) is 18.8 Å². The molecular formula is C10H12ClFN2O2S. The molecule has 0 aromatic heterocycles. The number of benzene rings is 1. The lowest BCUT2D eigenvalue weighted by molar-refractivity contribution is 0.585. The van der Waals surface area contributed by atoms with Gasteiger partial charge in [-0.3, -0.25) is 0 Å². The van der Waals surface area contributed by atoms with E-state index in [4.69, 9.17) is 16.7 Å². The largest absolute Gasteiger partial charge is 0.370 e. The summed E-state index contributed by atoms with van der Waals surface area (Å²) in [4.78, 5) is 1.79. The molecule has 4 nitrogen and oxygen atoms in total. The van der Waals surface area contributed by atoms with Crippen LogP contribution in [-0.4, -0.2) is 26.8 Å². The van der Waals surface area contributed by atoms with E-state index in [1.807, 2.05) is 0 Å². The monoisotopic (exact) mass is 278 g/mol. The maximum atomic E-state index is 13.3. The van der Waals surface area contributed by atoms with Gasteiger partial charge >= 0.3 is 0 Å². The smallest absolute Gasteiger partial charge is 0.213 e. The summed E-state index contributed by atoms with van der Waals surface area (Å²) in [6.07, 6.45) is 0.461. The van der Waals surface area contributed by atoms with Crippen LogP contribution >= 0.6 is 11.6 Å². The number of nitrogens with zero attached hydrogens (tertiary/aromatic N) is 1. The molecule has 1 fully saturated rings. The highest BCUT2D eigenvalue weighted by atomic mass is 35.5. The van der Waals surface area contributed by atoms with Crippen LogP contribution in [-0.2, 0) is 10.0 Å². The summed E-state index contributed by atoms with van der Waals surface area (Å²) < 4.78 is 35.6. The van der Waals surface area contributed by atoms with Crippen LogP contribution < -0.4 is 10.0 Å². The third-order valence-electron chi connectivity index (χ3n) is 2.88. The molecular weight excluding hydrogens is 267 g/mol. The first-order chi connectivity index (χ1) is 7.88. The van der Waals surface area contributed by atoms with Gasteiger partial charge in [-0.05, 0) is 24.6 Å². The van der Waals surface area contributed by atoms with Gasteiger partial charge in [-0.1, -0.05) is 11.6 Å². The minimum Gasteiger partial charge on any atom is -0.370 e. The van der Waals surface area contributed by atoms with Gasteiger partial charge in [-0.15, -0.1) is 0 Å². The zero-order valence-corrected chi connectivity index (χ0v) is 10.5. The minimum absolute atomic E-state index is 0.0518. The number of rotatable bonds is 2. The van der Waals surface area contributed by atoms with Crippen molar-refractivity contribution in [3.63, 3.8) is 0 Å². The van der Waals surface area contributed by atoms with Crippen LogP contribution in [0, 0.1) is 5.82 Å². The Morgan fingerprint density at radius 2 is 2.18 bits per heavy atom. The zero-order valence-electron chi connectivity index (χ0n) is 8.94. The lowest BCUT2D eigenvalue weighted by atomic mass is 10.3. The van der Waals surface area contributed by atoms with Gasteiger partial charge in [0.25, 0.3) is 0 Å². The Morgan fingerprint density at radius 3 is 2.71 bits per heavy atom. The number of anilines is 1. The predicted molar refractivity (Wildman–Crippen MR) is 65.1 cm³/mol. The number of halogens is 2. The van der Waals surface area contributed by atoms with Gasteiger partial charge in [-0.2, -0.15) is 0 Å². The fourth-order valence-corrected chi connectivity index (χ4v) is 2.85. The average Bonchev–Trinajstić information content (AvgIpc) is 2.70. The molecule has 0 amide bonds. The Labute approximate surface area is 104 Å². The second kappa shape index (κ2) is 4.44. The molecule has 0 spiro atoms. The summed E-state index contributed by atoms with van der Waals surface area (Å²) in [5.41, 5.74) is 0.623. The number of nitrogens with two attached hydrogens (primary N) is 1. The van der Waals surface area contributed by atoms with Crippen LogP contribution in [0.15, 0.2) is 18.2 Å². The van der Waals surface area contributed by atoms with Crippen molar-refractivity contribution in [1.82, 2.24) is 0 Å². The van der Waals surface area contributed by atoms with E-state index < -0.39 is 21.1 Å². The molecule has 0 bridgehead atoms. The average molecular weight is 279 g/mol. The maximum absolute atomic E-state index is 13.3. The van der Waals surface area contributed by atoms with E-state index >= 15 is 0 Å². The van der Waals surface area contributed by atoms with E-state index in [9.17, 15) is 12.8 Å². The van der Waals surface area contributed by atoms with Crippen molar-refractivity contribution in [2.45, 2.75) is 11.7 Å². The first kappa shape index (κ1) is 12.6. The fraction of sp³-hybridized carbons (Fsp3) is 0.400. The van der Waals surface area contributed by atoms with E-state index in [-0.39, 0.29) is 5.02 Å². The number of hydrogen-bond donors (Lipinski definition) is 1. The molecule has 1 aliphatic rings. The van der Waals surface area contributed by atoms with Crippen molar-refractivity contribution in [1.29, 1.82) is 0 Å². The lowest BCUT2D eigenvalue weighted by Crippen LogP contribution is -2.31. The molecule has 0 radical (unpaired) electrons. The summed E-state index contributed by atoms with van der Waals surface area (Å²) >= 11 is 5.58. The number of primary sulfonamides is 1. The van der Waals surface area contributed by atoms with Crippen LogP contribution in [0.3, 0.4) is 0 Å². The highest BCUT2D eigenvalue weighted by Crippen LogP contribution is 2.26. The molecule has 0 saturated carbocycles. The highest BCUT2D eigenvalue weighted by Gasteiger charge is 2.30.